The van der Waals surface area contributed by atoms with Gasteiger partial charge in [0.1, 0.15) is 5.69 Å². The highest BCUT2D eigenvalue weighted by Gasteiger charge is 2.32. The summed E-state index contributed by atoms with van der Waals surface area (Å²) in [6.07, 6.45) is 0.292. The fourth-order valence-electron chi connectivity index (χ4n) is 3.31. The molecule has 6 nitrogen and oxygen atoms in total. The van der Waals surface area contributed by atoms with Gasteiger partial charge in [-0.1, -0.05) is 30.3 Å². The zero-order chi connectivity index (χ0) is 19.0. The highest BCUT2D eigenvalue weighted by Crippen LogP contribution is 2.47. The van der Waals surface area contributed by atoms with Crippen molar-refractivity contribution in [3.63, 3.8) is 0 Å². The lowest BCUT2D eigenvalue weighted by molar-refractivity contribution is -0.116. The zero-order valence-corrected chi connectivity index (χ0v) is 15.7. The topological polar surface area (TPSA) is 80.7 Å². The smallest absolute Gasteiger partial charge is 0.225 e. The number of ether oxygens (including phenoxy) is 2. The van der Waals surface area contributed by atoms with Crippen molar-refractivity contribution in [1.82, 2.24) is 4.37 Å². The molecule has 138 valence electrons. The van der Waals surface area contributed by atoms with Crippen LogP contribution in [0.1, 0.15) is 22.8 Å². The van der Waals surface area contributed by atoms with Gasteiger partial charge in [0.05, 0.1) is 24.8 Å². The lowest BCUT2D eigenvalue weighted by Gasteiger charge is -2.24. The molecule has 1 aliphatic rings. The number of phenols is 1. The zero-order valence-electron chi connectivity index (χ0n) is 14.9. The number of rotatable bonds is 4. The summed E-state index contributed by atoms with van der Waals surface area (Å²) in [5.41, 5.74) is 3.31. The van der Waals surface area contributed by atoms with Gasteiger partial charge in [0.25, 0.3) is 0 Å². The van der Waals surface area contributed by atoms with Gasteiger partial charge in [-0.3, -0.25) is 4.79 Å². The van der Waals surface area contributed by atoms with Crippen molar-refractivity contribution < 1.29 is 19.4 Å². The Labute approximate surface area is 160 Å². The van der Waals surface area contributed by atoms with Gasteiger partial charge in [-0.25, -0.2) is 0 Å². The second-order valence-electron chi connectivity index (χ2n) is 6.22. The summed E-state index contributed by atoms with van der Waals surface area (Å²) < 4.78 is 15.1. The number of fused-ring (bicyclic) bond motifs is 1. The summed E-state index contributed by atoms with van der Waals surface area (Å²) in [5.74, 6) is 0.302. The molecule has 2 heterocycles. The number of nitrogens with zero attached hydrogens (tertiary/aromatic N) is 1. The largest absolute Gasteiger partial charge is 0.502 e. The van der Waals surface area contributed by atoms with Crippen LogP contribution >= 0.6 is 11.5 Å². The third-order valence-electron chi connectivity index (χ3n) is 4.64. The SMILES string of the molecule is COc1cc([C@H]2CC(=O)Nc3c(-c4ccccc4)nsc32)cc(OC)c1O. The fraction of sp³-hybridized carbons (Fsp3) is 0.200. The van der Waals surface area contributed by atoms with E-state index in [2.05, 4.69) is 9.69 Å². The Balaban J connectivity index is 1.84. The second kappa shape index (κ2) is 6.92. The number of amides is 1. The molecular formula is C20H18N2O4S. The van der Waals surface area contributed by atoms with Crippen molar-refractivity contribution in [3.8, 4) is 28.5 Å². The van der Waals surface area contributed by atoms with Gasteiger partial charge in [0.15, 0.2) is 11.5 Å². The molecule has 27 heavy (non-hydrogen) atoms. The summed E-state index contributed by atoms with van der Waals surface area (Å²) in [6, 6.07) is 13.3. The highest BCUT2D eigenvalue weighted by molar-refractivity contribution is 7.07. The number of carbonyl (C=O) groups is 1. The fourth-order valence-corrected chi connectivity index (χ4v) is 4.28. The first-order valence-electron chi connectivity index (χ1n) is 8.42. The quantitative estimate of drug-likeness (QED) is 0.713. The van der Waals surface area contributed by atoms with Crippen molar-refractivity contribution in [3.05, 3.63) is 52.9 Å². The van der Waals surface area contributed by atoms with E-state index in [0.717, 1.165) is 27.4 Å². The number of aromatic nitrogens is 1. The van der Waals surface area contributed by atoms with Crippen LogP contribution in [-0.2, 0) is 4.79 Å². The Hall–Kier alpha value is -3.06. The molecule has 0 radical (unpaired) electrons. The van der Waals surface area contributed by atoms with Crippen LogP contribution in [0.15, 0.2) is 42.5 Å². The van der Waals surface area contributed by atoms with Gasteiger partial charge >= 0.3 is 0 Å². The molecule has 0 spiro atoms. The third kappa shape index (κ3) is 3.00. The minimum absolute atomic E-state index is 0.0569. The number of benzene rings is 2. The first-order valence-corrected chi connectivity index (χ1v) is 9.19. The average molecular weight is 382 g/mol. The van der Waals surface area contributed by atoms with Gasteiger partial charge in [0, 0.05) is 17.9 Å². The first kappa shape index (κ1) is 17.4. The minimum atomic E-state index is -0.188. The highest BCUT2D eigenvalue weighted by atomic mass is 32.1. The molecule has 0 bridgehead atoms. The molecule has 1 atom stereocenters. The van der Waals surface area contributed by atoms with Crippen LogP contribution in [0.3, 0.4) is 0 Å². The van der Waals surface area contributed by atoms with E-state index in [0.29, 0.717) is 17.9 Å². The van der Waals surface area contributed by atoms with Crippen LogP contribution < -0.4 is 14.8 Å². The third-order valence-corrected chi connectivity index (χ3v) is 5.60. The summed E-state index contributed by atoms with van der Waals surface area (Å²) in [6.45, 7) is 0. The number of hydrogen-bond donors (Lipinski definition) is 2. The number of phenolic OH excluding ortho intramolecular Hbond substituents is 1. The van der Waals surface area contributed by atoms with Crippen LogP contribution in [0.5, 0.6) is 17.2 Å². The summed E-state index contributed by atoms with van der Waals surface area (Å²) >= 11 is 1.37. The Morgan fingerprint density at radius 3 is 2.44 bits per heavy atom. The Morgan fingerprint density at radius 1 is 1.15 bits per heavy atom. The molecule has 0 aliphatic carbocycles. The molecule has 3 aromatic rings. The number of aromatic hydroxyl groups is 1. The van der Waals surface area contributed by atoms with Gasteiger partial charge in [-0.05, 0) is 29.2 Å². The molecule has 7 heteroatoms. The van der Waals surface area contributed by atoms with Gasteiger partial charge < -0.3 is 19.9 Å². The molecule has 2 N–H and O–H groups in total. The van der Waals surface area contributed by atoms with Gasteiger partial charge in [0.2, 0.25) is 11.7 Å². The van der Waals surface area contributed by atoms with Gasteiger partial charge in [-0.2, -0.15) is 4.37 Å². The maximum absolute atomic E-state index is 12.4. The molecule has 0 saturated heterocycles. The normalized spacial score (nSPS) is 15.8. The molecule has 0 unspecified atom stereocenters. The number of anilines is 1. The van der Waals surface area contributed by atoms with Crippen molar-refractivity contribution >= 4 is 23.1 Å². The predicted molar refractivity (Wildman–Crippen MR) is 104 cm³/mol. The van der Waals surface area contributed by atoms with Crippen LogP contribution in [0.2, 0.25) is 0 Å². The number of methoxy groups -OCH3 is 2. The number of nitrogens with one attached hydrogen (secondary N) is 1. The van der Waals surface area contributed by atoms with E-state index < -0.39 is 0 Å². The lowest BCUT2D eigenvalue weighted by atomic mass is 9.89. The summed E-state index contributed by atoms with van der Waals surface area (Å²) in [7, 11) is 2.97. The summed E-state index contributed by atoms with van der Waals surface area (Å²) in [5, 5.41) is 13.1. The van der Waals surface area contributed by atoms with E-state index in [1.54, 1.807) is 12.1 Å². The Kier molecular flexibility index (Phi) is 4.45. The van der Waals surface area contributed by atoms with Crippen LogP contribution in [-0.4, -0.2) is 29.6 Å². The molecular weight excluding hydrogens is 364 g/mol. The maximum atomic E-state index is 12.4. The standard InChI is InChI=1S/C20H18N2O4S/c1-25-14-8-12(9-15(26-2)19(14)24)13-10-16(23)21-18-17(22-27-20(13)18)11-6-4-3-5-7-11/h3-9,13,24H,10H2,1-2H3,(H,21,23)/t13-/m1/s1. The van der Waals surface area contributed by atoms with Crippen LogP contribution in [0, 0.1) is 0 Å². The molecule has 1 aliphatic heterocycles. The van der Waals surface area contributed by atoms with E-state index in [1.165, 1.54) is 25.8 Å². The Morgan fingerprint density at radius 2 is 1.81 bits per heavy atom. The molecule has 0 saturated carbocycles. The minimum Gasteiger partial charge on any atom is -0.502 e. The van der Waals surface area contributed by atoms with Crippen LogP contribution in [0.25, 0.3) is 11.3 Å². The monoisotopic (exact) mass is 382 g/mol. The van der Waals surface area contributed by atoms with Crippen molar-refractivity contribution in [2.45, 2.75) is 12.3 Å². The average Bonchev–Trinajstić information content (AvgIpc) is 3.12. The van der Waals surface area contributed by atoms with E-state index in [1.807, 2.05) is 30.3 Å². The molecule has 2 aromatic carbocycles. The van der Waals surface area contributed by atoms with E-state index in [-0.39, 0.29) is 17.6 Å². The number of carbonyl (C=O) groups excluding carboxylic acids is 1. The first-order chi connectivity index (χ1) is 13.1. The van der Waals surface area contributed by atoms with E-state index in [4.69, 9.17) is 9.47 Å². The van der Waals surface area contributed by atoms with Gasteiger partial charge in [-0.15, -0.1) is 0 Å². The summed E-state index contributed by atoms with van der Waals surface area (Å²) in [4.78, 5) is 13.4. The molecule has 1 amide bonds. The second-order valence-corrected chi connectivity index (χ2v) is 7.02. The lowest BCUT2D eigenvalue weighted by Crippen LogP contribution is -2.22. The molecule has 1 aromatic heterocycles. The van der Waals surface area contributed by atoms with E-state index in [9.17, 15) is 9.90 Å². The predicted octanol–water partition coefficient (Wildman–Crippen LogP) is 4.01. The maximum Gasteiger partial charge on any atom is 0.225 e. The Bertz CT molecular complexity index is 975. The number of hydrogen-bond acceptors (Lipinski definition) is 6. The van der Waals surface area contributed by atoms with E-state index >= 15 is 0 Å². The molecule has 4 rings (SSSR count). The van der Waals surface area contributed by atoms with Crippen LogP contribution in [0.4, 0.5) is 5.69 Å². The van der Waals surface area contributed by atoms with Crippen molar-refractivity contribution in [2.24, 2.45) is 0 Å². The molecule has 0 fully saturated rings. The van der Waals surface area contributed by atoms with Crippen molar-refractivity contribution in [1.29, 1.82) is 0 Å². The van der Waals surface area contributed by atoms with Crippen molar-refractivity contribution in [2.75, 3.05) is 19.5 Å².